The lowest BCUT2D eigenvalue weighted by Crippen LogP contribution is -2.38. The normalized spacial score (nSPS) is 17.6. The zero-order chi connectivity index (χ0) is 17.3. The molecule has 7 nitrogen and oxygen atoms in total. The van der Waals surface area contributed by atoms with E-state index in [0.29, 0.717) is 26.2 Å². The van der Waals surface area contributed by atoms with Crippen LogP contribution in [0.4, 0.5) is 4.79 Å². The van der Waals surface area contributed by atoms with Crippen LogP contribution in [0, 0.1) is 0 Å². The summed E-state index contributed by atoms with van der Waals surface area (Å²) in [6, 6.07) is 0. The second-order valence-corrected chi connectivity index (χ2v) is 6.24. The van der Waals surface area contributed by atoms with Crippen LogP contribution in [0.5, 0.6) is 0 Å². The Hall–Kier alpha value is -1.86. The number of nitrogens with zero attached hydrogens (tertiary/aromatic N) is 2. The van der Waals surface area contributed by atoms with Crippen LogP contribution >= 0.6 is 0 Å². The van der Waals surface area contributed by atoms with Gasteiger partial charge in [0, 0.05) is 31.4 Å². The van der Waals surface area contributed by atoms with Gasteiger partial charge in [-0.1, -0.05) is 13.0 Å². The second-order valence-electron chi connectivity index (χ2n) is 6.24. The number of hydrogen-bond acceptors (Lipinski definition) is 5. The molecular formula is C16H29N5O2. The van der Waals surface area contributed by atoms with Crippen molar-refractivity contribution in [1.29, 1.82) is 0 Å². The molecule has 0 aliphatic carbocycles. The van der Waals surface area contributed by atoms with Crippen LogP contribution in [0.3, 0.4) is 0 Å². The van der Waals surface area contributed by atoms with Gasteiger partial charge >= 0.3 is 6.09 Å². The molecule has 7 heteroatoms. The van der Waals surface area contributed by atoms with Crippen molar-refractivity contribution in [3.05, 3.63) is 23.9 Å². The molecule has 0 aromatic heterocycles. The fourth-order valence-corrected chi connectivity index (χ4v) is 2.02. The molecule has 1 aliphatic heterocycles. The van der Waals surface area contributed by atoms with E-state index in [1.807, 2.05) is 46.0 Å². The van der Waals surface area contributed by atoms with Crippen LogP contribution in [0.2, 0.25) is 0 Å². The molecule has 1 rings (SSSR count). The predicted octanol–water partition coefficient (Wildman–Crippen LogP) is 1.54. The Morgan fingerprint density at radius 2 is 2.22 bits per heavy atom. The summed E-state index contributed by atoms with van der Waals surface area (Å²) in [4.78, 5) is 18.4. The molecule has 1 amide bonds. The molecule has 0 aromatic carbocycles. The number of aliphatic imine (C=N–C) groups is 1. The molecule has 1 aliphatic rings. The Morgan fingerprint density at radius 1 is 1.48 bits per heavy atom. The Balaban J connectivity index is 2.58. The summed E-state index contributed by atoms with van der Waals surface area (Å²) in [5.74, 6) is 6.06. The first-order chi connectivity index (χ1) is 10.9. The van der Waals surface area contributed by atoms with Gasteiger partial charge in [0.05, 0.1) is 6.54 Å². The molecule has 0 atom stereocenters. The molecule has 0 spiro atoms. The molecule has 0 bridgehead atoms. The van der Waals surface area contributed by atoms with Crippen molar-refractivity contribution < 1.29 is 9.53 Å². The van der Waals surface area contributed by atoms with Gasteiger partial charge in [0.1, 0.15) is 11.4 Å². The van der Waals surface area contributed by atoms with Crippen LogP contribution < -0.4 is 16.6 Å². The van der Waals surface area contributed by atoms with Crippen molar-refractivity contribution in [2.45, 2.75) is 39.7 Å². The smallest absolute Gasteiger partial charge is 0.410 e. The van der Waals surface area contributed by atoms with E-state index in [1.54, 1.807) is 4.90 Å². The number of carbonyl (C=O) groups excluding carboxylic acids is 1. The number of hydrazine groups is 1. The fraction of sp³-hybridized carbons (Fsp3) is 0.625. The van der Waals surface area contributed by atoms with E-state index in [1.165, 1.54) is 0 Å². The van der Waals surface area contributed by atoms with E-state index in [4.69, 9.17) is 10.6 Å². The van der Waals surface area contributed by atoms with Crippen LogP contribution in [0.25, 0.3) is 0 Å². The van der Waals surface area contributed by atoms with Crippen molar-refractivity contribution in [2.75, 3.05) is 26.2 Å². The molecule has 4 N–H and O–H groups in total. The van der Waals surface area contributed by atoms with Crippen LogP contribution in [-0.4, -0.2) is 48.6 Å². The molecule has 1 heterocycles. The third-order valence-electron chi connectivity index (χ3n) is 2.98. The summed E-state index contributed by atoms with van der Waals surface area (Å²) in [6.07, 6.45) is 6.31. The topological polar surface area (TPSA) is 92.0 Å². The molecule has 0 unspecified atom stereocenters. The SMILES string of the molecule is CCCN(CC/N=C1/NC=C/C1=C\CNN)C(=O)OC(C)(C)C. The van der Waals surface area contributed by atoms with E-state index in [0.717, 1.165) is 17.8 Å². The Kier molecular flexibility index (Phi) is 7.77. The van der Waals surface area contributed by atoms with E-state index >= 15 is 0 Å². The first kappa shape index (κ1) is 19.2. The van der Waals surface area contributed by atoms with Gasteiger partial charge in [0.2, 0.25) is 0 Å². The maximum Gasteiger partial charge on any atom is 0.410 e. The standard InChI is InChI=1S/C16H29N5O2/c1-5-11-21(15(22)23-16(2,3)4)12-10-19-14-13(6-8-18-14)7-9-20-17/h6-8,20H,5,9-12,17H2,1-4H3,(H,18,19)/b13-7+. The quantitative estimate of drug-likeness (QED) is 0.488. The summed E-state index contributed by atoms with van der Waals surface area (Å²) in [5, 5.41) is 3.09. The summed E-state index contributed by atoms with van der Waals surface area (Å²) in [6.45, 7) is 9.90. The average molecular weight is 323 g/mol. The largest absolute Gasteiger partial charge is 0.444 e. The molecular weight excluding hydrogens is 294 g/mol. The maximum absolute atomic E-state index is 12.2. The minimum absolute atomic E-state index is 0.292. The van der Waals surface area contributed by atoms with E-state index in [-0.39, 0.29) is 6.09 Å². The van der Waals surface area contributed by atoms with Gasteiger partial charge in [0.25, 0.3) is 0 Å². The summed E-state index contributed by atoms with van der Waals surface area (Å²) in [7, 11) is 0. The number of nitrogens with one attached hydrogen (secondary N) is 2. The molecule has 0 aromatic rings. The number of nitrogens with two attached hydrogens (primary N) is 1. The molecule has 0 radical (unpaired) electrons. The first-order valence-corrected chi connectivity index (χ1v) is 7.97. The zero-order valence-corrected chi connectivity index (χ0v) is 14.6. The highest BCUT2D eigenvalue weighted by Gasteiger charge is 2.21. The highest BCUT2D eigenvalue weighted by Crippen LogP contribution is 2.10. The predicted molar refractivity (Wildman–Crippen MR) is 92.9 cm³/mol. The van der Waals surface area contributed by atoms with Gasteiger partial charge in [-0.05, 0) is 33.3 Å². The number of ether oxygens (including phenoxy) is 1. The average Bonchev–Trinajstić information content (AvgIpc) is 2.89. The number of carbonyl (C=O) groups is 1. The molecule has 0 saturated carbocycles. The highest BCUT2D eigenvalue weighted by atomic mass is 16.6. The molecule has 23 heavy (non-hydrogen) atoms. The lowest BCUT2D eigenvalue weighted by molar-refractivity contribution is 0.0256. The lowest BCUT2D eigenvalue weighted by Gasteiger charge is -2.26. The van der Waals surface area contributed by atoms with Crippen molar-refractivity contribution >= 4 is 11.9 Å². The fourth-order valence-electron chi connectivity index (χ4n) is 2.02. The third-order valence-corrected chi connectivity index (χ3v) is 2.98. The van der Waals surface area contributed by atoms with Gasteiger partial charge in [-0.15, -0.1) is 0 Å². The van der Waals surface area contributed by atoms with Gasteiger partial charge in [0.15, 0.2) is 0 Å². The number of hydrogen-bond donors (Lipinski definition) is 3. The van der Waals surface area contributed by atoms with Gasteiger partial charge in [-0.3, -0.25) is 16.3 Å². The molecule has 130 valence electrons. The first-order valence-electron chi connectivity index (χ1n) is 7.97. The van der Waals surface area contributed by atoms with Crippen LogP contribution in [-0.2, 0) is 4.74 Å². The Bertz CT molecular complexity index is 477. The monoisotopic (exact) mass is 323 g/mol. The van der Waals surface area contributed by atoms with Gasteiger partial charge in [-0.2, -0.15) is 0 Å². The molecule has 0 fully saturated rings. The second kappa shape index (κ2) is 9.32. The van der Waals surface area contributed by atoms with Gasteiger partial charge < -0.3 is 15.0 Å². The van der Waals surface area contributed by atoms with Gasteiger partial charge in [-0.25, -0.2) is 4.79 Å². The number of rotatable bonds is 7. The molecule has 0 saturated heterocycles. The highest BCUT2D eigenvalue weighted by molar-refractivity contribution is 6.03. The minimum Gasteiger partial charge on any atom is -0.444 e. The van der Waals surface area contributed by atoms with Crippen molar-refractivity contribution in [3.63, 3.8) is 0 Å². The van der Waals surface area contributed by atoms with Crippen LogP contribution in [0.15, 0.2) is 28.9 Å². The zero-order valence-electron chi connectivity index (χ0n) is 14.6. The van der Waals surface area contributed by atoms with E-state index < -0.39 is 5.60 Å². The summed E-state index contributed by atoms with van der Waals surface area (Å²) >= 11 is 0. The summed E-state index contributed by atoms with van der Waals surface area (Å²) < 4.78 is 5.43. The Morgan fingerprint density at radius 3 is 2.83 bits per heavy atom. The van der Waals surface area contributed by atoms with E-state index in [2.05, 4.69) is 15.7 Å². The number of amidine groups is 1. The van der Waals surface area contributed by atoms with Crippen molar-refractivity contribution in [1.82, 2.24) is 15.6 Å². The summed E-state index contributed by atoms with van der Waals surface area (Å²) in [5.41, 5.74) is 3.08. The van der Waals surface area contributed by atoms with Crippen LogP contribution in [0.1, 0.15) is 34.1 Å². The van der Waals surface area contributed by atoms with Crippen molar-refractivity contribution in [3.8, 4) is 0 Å². The van der Waals surface area contributed by atoms with Crippen molar-refractivity contribution in [2.24, 2.45) is 10.8 Å². The number of amides is 1. The third kappa shape index (κ3) is 7.30. The lowest BCUT2D eigenvalue weighted by atomic mass is 10.2. The van der Waals surface area contributed by atoms with E-state index in [9.17, 15) is 4.79 Å². The maximum atomic E-state index is 12.2. The minimum atomic E-state index is -0.489. The Labute approximate surface area is 138 Å².